The Labute approximate surface area is 76.0 Å². The zero-order valence-corrected chi connectivity index (χ0v) is 8.34. The fourth-order valence-electron chi connectivity index (χ4n) is 2.29. The second-order valence-electron chi connectivity index (χ2n) is 4.29. The molecule has 1 fully saturated rings. The van der Waals surface area contributed by atoms with E-state index in [0.29, 0.717) is 0 Å². The average molecular weight is 167 g/mol. The average Bonchev–Trinajstić information content (AvgIpc) is 1.99. The minimum Gasteiger partial charge on any atom is -0.330 e. The molecule has 1 heteroatoms. The van der Waals surface area contributed by atoms with Crippen LogP contribution in [0.25, 0.3) is 0 Å². The maximum absolute atomic E-state index is 5.47. The van der Waals surface area contributed by atoms with Crippen molar-refractivity contribution in [3.8, 4) is 0 Å². The van der Waals surface area contributed by atoms with E-state index in [1.165, 1.54) is 19.3 Å². The first-order valence-corrected chi connectivity index (χ1v) is 5.10. The second kappa shape index (κ2) is 4.66. The van der Waals surface area contributed by atoms with E-state index in [9.17, 15) is 0 Å². The maximum Gasteiger partial charge on any atom is -0.00425 e. The summed E-state index contributed by atoms with van der Waals surface area (Å²) in [6.07, 6.45) is 7.44. The topological polar surface area (TPSA) is 26.0 Å². The molecule has 70 valence electrons. The lowest BCUT2D eigenvalue weighted by Crippen LogP contribution is -2.12. The Morgan fingerprint density at radius 3 is 2.42 bits per heavy atom. The highest BCUT2D eigenvalue weighted by molar-refractivity contribution is 5.06. The molecule has 2 atom stereocenters. The monoisotopic (exact) mass is 167 g/mol. The molecule has 1 nitrogen and oxygen atoms in total. The van der Waals surface area contributed by atoms with Gasteiger partial charge in [0.05, 0.1) is 0 Å². The molecule has 1 aliphatic carbocycles. The quantitative estimate of drug-likeness (QED) is 0.629. The van der Waals surface area contributed by atoms with Crippen molar-refractivity contribution >= 4 is 0 Å². The van der Waals surface area contributed by atoms with Crippen molar-refractivity contribution in [1.82, 2.24) is 0 Å². The van der Waals surface area contributed by atoms with Gasteiger partial charge < -0.3 is 5.73 Å². The summed E-state index contributed by atoms with van der Waals surface area (Å²) in [6.45, 7) is 5.50. The van der Waals surface area contributed by atoms with E-state index in [1.54, 1.807) is 5.57 Å². The minimum absolute atomic E-state index is 0.798. The first kappa shape index (κ1) is 9.79. The van der Waals surface area contributed by atoms with Crippen molar-refractivity contribution < 1.29 is 0 Å². The molecule has 0 bridgehead atoms. The molecule has 0 saturated heterocycles. The zero-order valence-electron chi connectivity index (χ0n) is 8.34. The van der Waals surface area contributed by atoms with Gasteiger partial charge in [0.1, 0.15) is 0 Å². The summed E-state index contributed by atoms with van der Waals surface area (Å²) >= 11 is 0. The van der Waals surface area contributed by atoms with Crippen molar-refractivity contribution in [1.29, 1.82) is 0 Å². The van der Waals surface area contributed by atoms with Crippen LogP contribution in [0.4, 0.5) is 0 Å². The third-order valence-corrected chi connectivity index (χ3v) is 2.63. The molecule has 0 aromatic rings. The van der Waals surface area contributed by atoms with Crippen molar-refractivity contribution in [3.63, 3.8) is 0 Å². The molecule has 0 spiro atoms. The van der Waals surface area contributed by atoms with Crippen LogP contribution in [0.5, 0.6) is 0 Å². The lowest BCUT2D eigenvalue weighted by Gasteiger charge is -2.26. The van der Waals surface area contributed by atoms with Gasteiger partial charge in [0.15, 0.2) is 0 Å². The molecule has 1 saturated carbocycles. The Hall–Kier alpha value is -0.300. The molecule has 0 aromatic carbocycles. The normalized spacial score (nSPS) is 30.4. The van der Waals surface area contributed by atoms with Crippen LogP contribution in [-0.2, 0) is 0 Å². The summed E-state index contributed by atoms with van der Waals surface area (Å²) in [5.74, 6) is 1.77. The molecule has 0 radical (unpaired) electrons. The molecule has 1 aliphatic rings. The summed E-state index contributed by atoms with van der Waals surface area (Å²) < 4.78 is 0. The molecule has 0 heterocycles. The van der Waals surface area contributed by atoms with Crippen LogP contribution < -0.4 is 5.73 Å². The molecule has 0 aromatic heterocycles. The highest BCUT2D eigenvalue weighted by Gasteiger charge is 2.17. The summed E-state index contributed by atoms with van der Waals surface area (Å²) in [5.41, 5.74) is 7.12. The van der Waals surface area contributed by atoms with Gasteiger partial charge in [-0.25, -0.2) is 0 Å². The smallest absolute Gasteiger partial charge is 0.00425 e. The van der Waals surface area contributed by atoms with Crippen molar-refractivity contribution in [2.75, 3.05) is 6.54 Å². The third kappa shape index (κ3) is 2.98. The lowest BCUT2D eigenvalue weighted by atomic mass is 9.80. The maximum atomic E-state index is 5.47. The Morgan fingerprint density at radius 2 is 1.92 bits per heavy atom. The van der Waals surface area contributed by atoms with E-state index in [4.69, 9.17) is 5.73 Å². The molecule has 2 N–H and O–H groups in total. The molecular weight excluding hydrogens is 146 g/mol. The number of rotatable bonds is 2. The zero-order chi connectivity index (χ0) is 8.97. The van der Waals surface area contributed by atoms with E-state index in [0.717, 1.165) is 24.8 Å². The summed E-state index contributed by atoms with van der Waals surface area (Å²) in [4.78, 5) is 0. The lowest BCUT2D eigenvalue weighted by molar-refractivity contribution is 0.357. The number of allylic oxidation sites excluding steroid dienone is 1. The Morgan fingerprint density at radius 1 is 1.33 bits per heavy atom. The number of hydrogen-bond acceptors (Lipinski definition) is 1. The van der Waals surface area contributed by atoms with Crippen LogP contribution in [0.3, 0.4) is 0 Å². The van der Waals surface area contributed by atoms with E-state index in [1.807, 2.05) is 0 Å². The highest BCUT2D eigenvalue weighted by atomic mass is 14.5. The van der Waals surface area contributed by atoms with Gasteiger partial charge in [-0.2, -0.15) is 0 Å². The van der Waals surface area contributed by atoms with Crippen LogP contribution >= 0.6 is 0 Å². The van der Waals surface area contributed by atoms with Crippen LogP contribution in [0.1, 0.15) is 39.5 Å². The van der Waals surface area contributed by atoms with Crippen LogP contribution in [0, 0.1) is 11.8 Å². The molecular formula is C11H21N. The SMILES string of the molecule is CC1CC(=CCCN)CC(C)C1. The molecule has 1 rings (SSSR count). The first-order valence-electron chi connectivity index (χ1n) is 5.10. The molecule has 12 heavy (non-hydrogen) atoms. The van der Waals surface area contributed by atoms with Gasteiger partial charge in [-0.15, -0.1) is 0 Å². The van der Waals surface area contributed by atoms with Gasteiger partial charge in [0.25, 0.3) is 0 Å². The number of hydrogen-bond donors (Lipinski definition) is 1. The fraction of sp³-hybridized carbons (Fsp3) is 0.818. The molecule has 0 amide bonds. The van der Waals surface area contributed by atoms with Crippen LogP contribution in [0.15, 0.2) is 11.6 Å². The summed E-state index contributed by atoms with van der Waals surface area (Å²) in [7, 11) is 0. The highest BCUT2D eigenvalue weighted by Crippen LogP contribution is 2.32. The van der Waals surface area contributed by atoms with Crippen LogP contribution in [-0.4, -0.2) is 6.54 Å². The van der Waals surface area contributed by atoms with Crippen molar-refractivity contribution in [2.45, 2.75) is 39.5 Å². The minimum atomic E-state index is 0.798. The van der Waals surface area contributed by atoms with Gasteiger partial charge in [-0.3, -0.25) is 0 Å². The van der Waals surface area contributed by atoms with Gasteiger partial charge in [-0.05, 0) is 44.1 Å². The van der Waals surface area contributed by atoms with E-state index in [2.05, 4.69) is 19.9 Å². The van der Waals surface area contributed by atoms with Gasteiger partial charge in [0.2, 0.25) is 0 Å². The van der Waals surface area contributed by atoms with Crippen molar-refractivity contribution in [3.05, 3.63) is 11.6 Å². The Kier molecular flexibility index (Phi) is 3.80. The van der Waals surface area contributed by atoms with E-state index < -0.39 is 0 Å². The predicted molar refractivity (Wildman–Crippen MR) is 53.9 cm³/mol. The largest absolute Gasteiger partial charge is 0.330 e. The standard InChI is InChI=1S/C11H21N/c1-9-6-10(2)8-11(7-9)4-3-5-12/h4,9-10H,3,5-8,12H2,1-2H3. The first-order chi connectivity index (χ1) is 5.72. The Balaban J connectivity index is 2.43. The van der Waals surface area contributed by atoms with Gasteiger partial charge >= 0.3 is 0 Å². The summed E-state index contributed by atoms with van der Waals surface area (Å²) in [5, 5.41) is 0. The summed E-state index contributed by atoms with van der Waals surface area (Å²) in [6, 6.07) is 0. The third-order valence-electron chi connectivity index (χ3n) is 2.63. The van der Waals surface area contributed by atoms with Crippen molar-refractivity contribution in [2.24, 2.45) is 17.6 Å². The predicted octanol–water partition coefficient (Wildman–Crippen LogP) is 2.72. The van der Waals surface area contributed by atoms with Gasteiger partial charge in [0, 0.05) is 0 Å². The van der Waals surface area contributed by atoms with E-state index >= 15 is 0 Å². The second-order valence-corrected chi connectivity index (χ2v) is 4.29. The molecule has 2 unspecified atom stereocenters. The number of nitrogens with two attached hydrogens (primary N) is 1. The molecule has 0 aliphatic heterocycles. The Bertz CT molecular complexity index is 148. The van der Waals surface area contributed by atoms with Gasteiger partial charge in [-0.1, -0.05) is 25.5 Å². The van der Waals surface area contributed by atoms with Crippen LogP contribution in [0.2, 0.25) is 0 Å². The van der Waals surface area contributed by atoms with E-state index in [-0.39, 0.29) is 0 Å². The fourth-order valence-corrected chi connectivity index (χ4v) is 2.29.